The Morgan fingerprint density at radius 1 is 1.03 bits per heavy atom. The summed E-state index contributed by atoms with van der Waals surface area (Å²) in [5.41, 5.74) is 3.75. The van der Waals surface area contributed by atoms with Crippen LogP contribution in [-0.2, 0) is 25.7 Å². The van der Waals surface area contributed by atoms with Gasteiger partial charge in [-0.2, -0.15) is 0 Å². The highest BCUT2D eigenvalue weighted by molar-refractivity contribution is 6.17. The van der Waals surface area contributed by atoms with E-state index in [2.05, 4.69) is 25.4 Å². The van der Waals surface area contributed by atoms with Crippen molar-refractivity contribution < 1.29 is 28.7 Å². The van der Waals surface area contributed by atoms with Gasteiger partial charge in [0.15, 0.2) is 0 Å². The second-order valence-corrected chi connectivity index (χ2v) is 8.25. The molecule has 3 amide bonds. The van der Waals surface area contributed by atoms with Crippen molar-refractivity contribution in [2.75, 3.05) is 20.8 Å². The number of ether oxygens (including phenoxy) is 2. The molecule has 0 saturated carbocycles. The molecule has 10 heteroatoms. The highest BCUT2D eigenvalue weighted by Gasteiger charge is 2.18. The number of hydrogen-bond donors (Lipinski definition) is 3. The first kappa shape index (κ1) is 27.6. The largest absolute Gasteiger partial charge is 0.497 e. The molecule has 1 heterocycles. The zero-order chi connectivity index (χ0) is 27.5. The van der Waals surface area contributed by atoms with E-state index in [1.54, 1.807) is 43.8 Å². The number of carbonyl (C=O) groups is 4. The summed E-state index contributed by atoms with van der Waals surface area (Å²) in [5.74, 6) is -1.40. The van der Waals surface area contributed by atoms with Gasteiger partial charge in [-0.05, 0) is 47.9 Å². The van der Waals surface area contributed by atoms with Crippen molar-refractivity contribution in [1.29, 1.82) is 0 Å². The van der Waals surface area contributed by atoms with E-state index < -0.39 is 17.8 Å². The average Bonchev–Trinajstić information content (AvgIpc) is 3.48. The molecule has 0 radical (unpaired) electrons. The van der Waals surface area contributed by atoms with Gasteiger partial charge in [-0.15, -0.1) is 4.67 Å². The first-order valence-corrected chi connectivity index (χ1v) is 11.8. The molecule has 0 saturated heterocycles. The summed E-state index contributed by atoms with van der Waals surface area (Å²) in [6.07, 6.45) is 7.30. The van der Waals surface area contributed by atoms with Gasteiger partial charge in [-0.1, -0.05) is 18.2 Å². The Morgan fingerprint density at radius 2 is 1.82 bits per heavy atom. The zero-order valence-electron chi connectivity index (χ0n) is 21.3. The smallest absolute Gasteiger partial charge is 0.330 e. The minimum Gasteiger partial charge on any atom is -0.497 e. The summed E-state index contributed by atoms with van der Waals surface area (Å²) in [4.78, 5) is 48.1. The Labute approximate surface area is 220 Å². The number of nitrogens with zero attached hydrogens (tertiary/aromatic N) is 1. The van der Waals surface area contributed by atoms with Gasteiger partial charge in [0, 0.05) is 30.3 Å². The summed E-state index contributed by atoms with van der Waals surface area (Å²) >= 11 is 0. The minimum absolute atomic E-state index is 0.0813. The summed E-state index contributed by atoms with van der Waals surface area (Å²) in [6.45, 7) is 1.66. The van der Waals surface area contributed by atoms with Crippen LogP contribution in [0, 0.1) is 0 Å². The van der Waals surface area contributed by atoms with Crippen molar-refractivity contribution in [2.24, 2.45) is 0 Å². The number of benzene rings is 2. The summed E-state index contributed by atoms with van der Waals surface area (Å²) < 4.78 is 14.0. The number of hydrogen-bond acceptors (Lipinski definition) is 6. The lowest BCUT2D eigenvalue weighted by Gasteiger charge is -2.18. The number of rotatable bonds is 11. The first-order chi connectivity index (χ1) is 18.3. The molecule has 2 aromatic carbocycles. The van der Waals surface area contributed by atoms with Crippen molar-refractivity contribution in [3.8, 4) is 5.75 Å². The van der Waals surface area contributed by atoms with Crippen molar-refractivity contribution >= 4 is 41.7 Å². The number of nitrogens with one attached hydrogen (secondary N) is 3. The van der Waals surface area contributed by atoms with E-state index in [1.807, 2.05) is 31.2 Å². The van der Waals surface area contributed by atoms with E-state index in [9.17, 15) is 19.2 Å². The average molecular weight is 518 g/mol. The topological polar surface area (TPSA) is 137 Å². The Morgan fingerprint density at radius 3 is 2.53 bits per heavy atom. The predicted octanol–water partition coefficient (Wildman–Crippen LogP) is 1.25. The molecule has 3 rings (SSSR count). The molecule has 3 N–H and O–H groups in total. The van der Waals surface area contributed by atoms with Crippen LogP contribution in [-0.4, -0.2) is 56.9 Å². The molecule has 0 aliphatic carbocycles. The highest BCUT2D eigenvalue weighted by Crippen LogP contribution is 2.26. The van der Waals surface area contributed by atoms with Crippen LogP contribution in [0.5, 0.6) is 5.75 Å². The molecule has 1 unspecified atom stereocenters. The van der Waals surface area contributed by atoms with E-state index in [1.165, 1.54) is 7.11 Å². The van der Waals surface area contributed by atoms with Crippen LogP contribution in [0.1, 0.15) is 40.0 Å². The molecule has 196 valence electrons. The van der Waals surface area contributed by atoms with Crippen LogP contribution in [0.2, 0.25) is 0 Å². The van der Waals surface area contributed by atoms with Crippen LogP contribution in [0.25, 0.3) is 5.57 Å². The van der Waals surface area contributed by atoms with E-state index >= 15 is 0 Å². The van der Waals surface area contributed by atoms with Gasteiger partial charge in [0.2, 0.25) is 11.8 Å². The Hall–Kier alpha value is -4.95. The third-order valence-electron chi connectivity index (χ3n) is 5.63. The number of allylic oxidation sites excluding steroid dienone is 2. The second kappa shape index (κ2) is 13.4. The molecule has 38 heavy (non-hydrogen) atoms. The van der Waals surface area contributed by atoms with Gasteiger partial charge in [0.1, 0.15) is 5.75 Å². The van der Waals surface area contributed by atoms with E-state index in [0.29, 0.717) is 16.9 Å². The maximum atomic E-state index is 13.2. The van der Waals surface area contributed by atoms with Gasteiger partial charge < -0.3 is 25.4 Å². The minimum atomic E-state index is -0.681. The Kier molecular flexibility index (Phi) is 9.73. The number of amides is 3. The normalized spacial score (nSPS) is 12.6. The molecule has 0 spiro atoms. The SMILES string of the molecule is COC(=O)/C=C/C(=O)NCC(=O)NCc1ccccc1C(=O)NC(C)c1cc(OC)cc(C2=CC=[N+]=C2)c1. The summed E-state index contributed by atoms with van der Waals surface area (Å²) in [7, 11) is 2.78. The zero-order valence-corrected chi connectivity index (χ0v) is 21.3. The molecule has 0 bridgehead atoms. The van der Waals surface area contributed by atoms with E-state index in [-0.39, 0.29) is 25.0 Å². The van der Waals surface area contributed by atoms with Crippen LogP contribution in [0.4, 0.5) is 0 Å². The molecule has 0 aromatic heterocycles. The van der Waals surface area contributed by atoms with E-state index in [0.717, 1.165) is 28.9 Å². The molecular weight excluding hydrogens is 488 g/mol. The van der Waals surface area contributed by atoms with Gasteiger partial charge in [0.25, 0.3) is 18.3 Å². The molecular formula is C28H29N4O6+. The van der Waals surface area contributed by atoms with Crippen LogP contribution < -0.4 is 25.4 Å². The quantitative estimate of drug-likeness (QED) is 0.233. The summed E-state index contributed by atoms with van der Waals surface area (Å²) in [6, 6.07) is 12.3. The molecule has 0 fully saturated rings. The lowest BCUT2D eigenvalue weighted by molar-refractivity contribution is -0.135. The fraction of sp³-hybridized carbons (Fsp3) is 0.214. The second-order valence-electron chi connectivity index (χ2n) is 8.25. The first-order valence-electron chi connectivity index (χ1n) is 11.8. The fourth-order valence-corrected chi connectivity index (χ4v) is 3.57. The molecule has 1 aliphatic rings. The Balaban J connectivity index is 1.62. The van der Waals surface area contributed by atoms with Crippen LogP contribution in [0.15, 0.2) is 60.7 Å². The van der Waals surface area contributed by atoms with Crippen molar-refractivity contribution in [1.82, 2.24) is 20.6 Å². The number of methoxy groups -OCH3 is 2. The van der Waals surface area contributed by atoms with Crippen molar-refractivity contribution in [3.63, 3.8) is 0 Å². The lowest BCUT2D eigenvalue weighted by atomic mass is 9.99. The predicted molar refractivity (Wildman–Crippen MR) is 144 cm³/mol. The van der Waals surface area contributed by atoms with Gasteiger partial charge in [-0.3, -0.25) is 14.4 Å². The molecule has 1 aliphatic heterocycles. The fourth-order valence-electron chi connectivity index (χ4n) is 3.57. The molecule has 2 aromatic rings. The van der Waals surface area contributed by atoms with Gasteiger partial charge in [-0.25, -0.2) is 4.79 Å². The highest BCUT2D eigenvalue weighted by atomic mass is 16.5. The molecule has 10 nitrogen and oxygen atoms in total. The number of esters is 1. The summed E-state index contributed by atoms with van der Waals surface area (Å²) in [5, 5.41) is 8.05. The third kappa shape index (κ3) is 7.78. The van der Waals surface area contributed by atoms with Crippen LogP contribution >= 0.6 is 0 Å². The standard InChI is InChI=1S/C28H28N4O6/c1-18(21-12-22(14-23(13-21)37-2)19-10-11-29-15-19)32-28(36)24-7-5-4-6-20(24)16-30-26(34)17-31-25(33)8-9-27(35)38-3/h4-15,18H,16-17H2,1-3H3,(H2-,30,31,32,33,34,36)/p+1/b9-8+. The van der Waals surface area contributed by atoms with Gasteiger partial charge >= 0.3 is 5.97 Å². The Bertz CT molecular complexity index is 1350. The number of carbonyl (C=O) groups excluding carboxylic acids is 4. The monoisotopic (exact) mass is 517 g/mol. The third-order valence-corrected chi connectivity index (χ3v) is 5.63. The maximum Gasteiger partial charge on any atom is 0.330 e. The van der Waals surface area contributed by atoms with E-state index in [4.69, 9.17) is 4.74 Å². The van der Waals surface area contributed by atoms with Gasteiger partial charge in [0.05, 0.1) is 32.4 Å². The van der Waals surface area contributed by atoms with Crippen molar-refractivity contribution in [2.45, 2.75) is 19.5 Å². The van der Waals surface area contributed by atoms with Crippen molar-refractivity contribution in [3.05, 3.63) is 82.9 Å². The van der Waals surface area contributed by atoms with Crippen LogP contribution in [0.3, 0.4) is 0 Å². The maximum absolute atomic E-state index is 13.2. The molecule has 1 atom stereocenters. The lowest BCUT2D eigenvalue weighted by Crippen LogP contribution is -2.36.